The molecule has 1 unspecified atom stereocenters. The van der Waals surface area contributed by atoms with Gasteiger partial charge < -0.3 is 9.80 Å². The highest BCUT2D eigenvalue weighted by molar-refractivity contribution is 6.05. The summed E-state index contributed by atoms with van der Waals surface area (Å²) < 4.78 is 1.52. The third-order valence-corrected chi connectivity index (χ3v) is 8.58. The summed E-state index contributed by atoms with van der Waals surface area (Å²) in [4.78, 5) is 56.2. The number of carbonyl (C=O) groups excluding carboxylic acids is 4. The van der Waals surface area contributed by atoms with Crippen molar-refractivity contribution in [2.45, 2.75) is 69.2 Å². The number of piperidine rings is 1. The highest BCUT2D eigenvalue weighted by atomic mass is 16.2. The van der Waals surface area contributed by atoms with Crippen molar-refractivity contribution < 1.29 is 19.2 Å². The molecule has 3 atom stereocenters. The summed E-state index contributed by atoms with van der Waals surface area (Å²) in [6.07, 6.45) is 7.06. The van der Waals surface area contributed by atoms with Gasteiger partial charge in [0.1, 0.15) is 6.04 Å². The molecular formula is C25H27N7O4. The molecule has 5 heterocycles. The van der Waals surface area contributed by atoms with Crippen molar-refractivity contribution in [2.24, 2.45) is 0 Å². The molecule has 2 aromatic rings. The van der Waals surface area contributed by atoms with Crippen LogP contribution in [0.5, 0.6) is 0 Å². The van der Waals surface area contributed by atoms with E-state index in [0.29, 0.717) is 42.0 Å². The maximum absolute atomic E-state index is 13.2. The Morgan fingerprint density at radius 1 is 1.03 bits per heavy atom. The topological polar surface area (TPSA) is 121 Å². The van der Waals surface area contributed by atoms with Gasteiger partial charge in [-0.05, 0) is 43.4 Å². The molecule has 11 heteroatoms. The Balaban J connectivity index is 1.06. The Morgan fingerprint density at radius 2 is 1.89 bits per heavy atom. The molecule has 4 amide bonds. The van der Waals surface area contributed by atoms with Gasteiger partial charge in [0.25, 0.3) is 11.8 Å². The summed E-state index contributed by atoms with van der Waals surface area (Å²) in [7, 11) is 0. The highest BCUT2D eigenvalue weighted by Gasteiger charge is 2.48. The van der Waals surface area contributed by atoms with Gasteiger partial charge in [0.15, 0.2) is 5.69 Å². The number of nitrogens with zero attached hydrogens (tertiary/aromatic N) is 6. The number of likely N-dealkylation sites (tertiary alicyclic amines) is 2. The lowest BCUT2D eigenvalue weighted by molar-refractivity contribution is -0.136. The minimum absolute atomic E-state index is 0.0942. The molecule has 36 heavy (non-hydrogen) atoms. The molecule has 0 spiro atoms. The number of fused-ring (bicyclic) bond motifs is 3. The zero-order valence-electron chi connectivity index (χ0n) is 19.8. The van der Waals surface area contributed by atoms with Crippen LogP contribution in [-0.4, -0.2) is 90.6 Å². The van der Waals surface area contributed by atoms with Crippen LogP contribution in [0, 0.1) is 0 Å². The maximum Gasteiger partial charge on any atom is 0.276 e. The van der Waals surface area contributed by atoms with Crippen LogP contribution in [0.2, 0.25) is 0 Å². The van der Waals surface area contributed by atoms with E-state index in [1.54, 1.807) is 12.3 Å². The third kappa shape index (κ3) is 3.29. The summed E-state index contributed by atoms with van der Waals surface area (Å²) >= 11 is 0. The zero-order valence-corrected chi connectivity index (χ0v) is 19.8. The Hall–Kier alpha value is -3.60. The lowest BCUT2D eigenvalue weighted by atomic mass is 9.91. The van der Waals surface area contributed by atoms with Gasteiger partial charge in [-0.3, -0.25) is 29.4 Å². The van der Waals surface area contributed by atoms with Crippen molar-refractivity contribution in [3.63, 3.8) is 0 Å². The fourth-order valence-electron chi connectivity index (χ4n) is 6.43. The molecular weight excluding hydrogens is 462 g/mol. The monoisotopic (exact) mass is 489 g/mol. The number of rotatable bonds is 4. The van der Waals surface area contributed by atoms with Crippen LogP contribution in [0.25, 0.3) is 5.69 Å². The van der Waals surface area contributed by atoms with Crippen molar-refractivity contribution in [1.29, 1.82) is 0 Å². The summed E-state index contributed by atoms with van der Waals surface area (Å²) in [6, 6.07) is 6.13. The molecule has 1 aromatic heterocycles. The van der Waals surface area contributed by atoms with Gasteiger partial charge >= 0.3 is 0 Å². The van der Waals surface area contributed by atoms with E-state index in [2.05, 4.69) is 20.5 Å². The molecule has 5 aliphatic rings. The van der Waals surface area contributed by atoms with Crippen molar-refractivity contribution in [3.8, 4) is 5.69 Å². The lowest BCUT2D eigenvalue weighted by Gasteiger charge is -2.42. The predicted molar refractivity (Wildman–Crippen MR) is 125 cm³/mol. The van der Waals surface area contributed by atoms with E-state index in [1.807, 2.05) is 17.0 Å². The largest absolute Gasteiger partial charge is 0.331 e. The quantitative estimate of drug-likeness (QED) is 0.620. The Bertz CT molecular complexity index is 1300. The second-order valence-corrected chi connectivity index (χ2v) is 10.6. The fraction of sp³-hybridized carbons (Fsp3) is 0.520. The van der Waals surface area contributed by atoms with E-state index in [-0.39, 0.29) is 30.2 Å². The summed E-state index contributed by atoms with van der Waals surface area (Å²) in [5.41, 5.74) is 2.23. The van der Waals surface area contributed by atoms with Crippen LogP contribution in [-0.2, 0) is 16.1 Å². The number of aromatic nitrogens is 3. The molecule has 2 bridgehead atoms. The van der Waals surface area contributed by atoms with Gasteiger partial charge in [-0.15, -0.1) is 5.10 Å². The first-order valence-corrected chi connectivity index (χ1v) is 12.7. The highest BCUT2D eigenvalue weighted by Crippen LogP contribution is 2.38. The van der Waals surface area contributed by atoms with Gasteiger partial charge in [0, 0.05) is 49.7 Å². The summed E-state index contributed by atoms with van der Waals surface area (Å²) in [6.45, 7) is 2.01. The first kappa shape index (κ1) is 21.7. The number of hydrogen-bond acceptors (Lipinski definition) is 7. The number of benzene rings is 1. The minimum atomic E-state index is -0.655. The molecule has 7 rings (SSSR count). The molecule has 4 aliphatic heterocycles. The molecule has 1 N–H and O–H groups in total. The Labute approximate surface area is 207 Å². The number of carbonyl (C=O) groups is 4. The van der Waals surface area contributed by atoms with E-state index in [9.17, 15) is 19.2 Å². The average molecular weight is 490 g/mol. The van der Waals surface area contributed by atoms with E-state index in [0.717, 1.165) is 25.1 Å². The van der Waals surface area contributed by atoms with Crippen LogP contribution in [0.15, 0.2) is 24.4 Å². The molecule has 0 radical (unpaired) electrons. The minimum Gasteiger partial charge on any atom is -0.331 e. The first-order valence-electron chi connectivity index (χ1n) is 12.7. The van der Waals surface area contributed by atoms with Crippen LogP contribution >= 0.6 is 0 Å². The van der Waals surface area contributed by atoms with Gasteiger partial charge in [-0.25, -0.2) is 4.68 Å². The standard InChI is InChI=1S/C25H27N7O4/c33-22-7-6-21(23(34)26-22)31-10-14-4-5-16(9-19(14)24(31)35)32-13-20(27-28-32)25(36)30-12-17-8-18(30)11-29(17)15-2-1-3-15/h4-5,9,13,15,17-18,21H,1-3,6-8,10-12H2,(H,26,33,34)/t17-,18-,21?/m0/s1. The number of amides is 4. The van der Waals surface area contributed by atoms with Crippen molar-refractivity contribution in [3.05, 3.63) is 41.2 Å². The predicted octanol–water partition coefficient (Wildman–Crippen LogP) is 0.480. The molecule has 1 aliphatic carbocycles. The summed E-state index contributed by atoms with van der Waals surface area (Å²) in [5.74, 6) is -1.08. The van der Waals surface area contributed by atoms with E-state index in [1.165, 1.54) is 28.8 Å². The van der Waals surface area contributed by atoms with Crippen LogP contribution in [0.1, 0.15) is 64.9 Å². The number of piperazine rings is 1. The maximum atomic E-state index is 13.2. The van der Waals surface area contributed by atoms with Crippen LogP contribution in [0.3, 0.4) is 0 Å². The Kier molecular flexibility index (Phi) is 4.79. The zero-order chi connectivity index (χ0) is 24.6. The molecule has 1 saturated carbocycles. The normalized spacial score (nSPS) is 28.0. The van der Waals surface area contributed by atoms with E-state index < -0.39 is 11.9 Å². The Morgan fingerprint density at radius 3 is 2.61 bits per heavy atom. The van der Waals surface area contributed by atoms with Crippen molar-refractivity contribution in [2.75, 3.05) is 13.1 Å². The summed E-state index contributed by atoms with van der Waals surface area (Å²) in [5, 5.41) is 10.6. The second kappa shape index (κ2) is 7.95. The molecule has 1 aromatic carbocycles. The van der Waals surface area contributed by atoms with Gasteiger partial charge in [-0.1, -0.05) is 17.7 Å². The van der Waals surface area contributed by atoms with Gasteiger partial charge in [-0.2, -0.15) is 0 Å². The first-order chi connectivity index (χ1) is 17.5. The number of nitrogens with one attached hydrogen (secondary N) is 1. The lowest BCUT2D eigenvalue weighted by Crippen LogP contribution is -2.53. The van der Waals surface area contributed by atoms with Crippen LogP contribution in [0.4, 0.5) is 0 Å². The van der Waals surface area contributed by atoms with Crippen molar-refractivity contribution >= 4 is 23.6 Å². The van der Waals surface area contributed by atoms with E-state index in [4.69, 9.17) is 0 Å². The second-order valence-electron chi connectivity index (χ2n) is 10.6. The average Bonchev–Trinajstić information content (AvgIpc) is 3.61. The smallest absolute Gasteiger partial charge is 0.276 e. The van der Waals surface area contributed by atoms with Gasteiger partial charge in [0.2, 0.25) is 11.8 Å². The molecule has 186 valence electrons. The van der Waals surface area contributed by atoms with Gasteiger partial charge in [0.05, 0.1) is 11.9 Å². The SMILES string of the molecule is O=C1CCC(N2Cc3ccc(-n4cc(C(=O)N5C[C@@H]6C[C@H]5CN6C5CCC5)nn4)cc3C2=O)C(=O)N1. The molecule has 3 saturated heterocycles. The number of hydrogen-bond donors (Lipinski definition) is 1. The number of imide groups is 1. The molecule has 11 nitrogen and oxygen atoms in total. The molecule has 4 fully saturated rings. The third-order valence-electron chi connectivity index (χ3n) is 8.58. The van der Waals surface area contributed by atoms with E-state index >= 15 is 0 Å². The fourth-order valence-corrected chi connectivity index (χ4v) is 6.43. The van der Waals surface area contributed by atoms with Crippen molar-refractivity contribution in [1.82, 2.24) is 35.0 Å². The van der Waals surface area contributed by atoms with Crippen LogP contribution < -0.4 is 5.32 Å².